The molecular formula is C11H9N3O2S3. The summed E-state index contributed by atoms with van der Waals surface area (Å²) < 4.78 is 0. The van der Waals surface area contributed by atoms with Crippen molar-refractivity contribution in [3.63, 3.8) is 0 Å². The first-order chi connectivity index (χ1) is 9.16. The molecule has 0 unspecified atom stereocenters. The Morgan fingerprint density at radius 1 is 0.947 bits per heavy atom. The molecule has 5 nitrogen and oxygen atoms in total. The molecule has 98 valence electrons. The highest BCUT2D eigenvalue weighted by Gasteiger charge is 2.10. The van der Waals surface area contributed by atoms with Gasteiger partial charge < -0.3 is 0 Å². The third-order valence-electron chi connectivity index (χ3n) is 2.01. The molecule has 0 spiro atoms. The molecule has 0 fully saturated rings. The number of hydrogen-bond donors (Lipinski definition) is 3. The third kappa shape index (κ3) is 3.85. The molecule has 2 heterocycles. The van der Waals surface area contributed by atoms with Gasteiger partial charge in [-0.25, -0.2) is 0 Å². The molecule has 0 saturated carbocycles. The number of nitrogens with one attached hydrogen (secondary N) is 3. The number of carbonyl (C=O) groups is 2. The second-order valence-corrected chi connectivity index (χ2v) is 5.62. The number of hydrogen-bond acceptors (Lipinski definition) is 5. The van der Waals surface area contributed by atoms with E-state index < -0.39 is 0 Å². The zero-order valence-electron chi connectivity index (χ0n) is 9.51. The first-order valence-electron chi connectivity index (χ1n) is 5.15. The highest BCUT2D eigenvalue weighted by atomic mass is 32.1. The molecule has 2 amide bonds. The van der Waals surface area contributed by atoms with Crippen molar-refractivity contribution in [1.82, 2.24) is 16.2 Å². The fourth-order valence-corrected chi connectivity index (χ4v) is 2.57. The minimum absolute atomic E-state index is 0.0447. The quantitative estimate of drug-likeness (QED) is 0.584. The molecule has 19 heavy (non-hydrogen) atoms. The summed E-state index contributed by atoms with van der Waals surface area (Å²) in [4.78, 5) is 24.3. The summed E-state index contributed by atoms with van der Waals surface area (Å²) in [6.45, 7) is 0. The molecule has 0 atom stereocenters. The summed E-state index contributed by atoms with van der Waals surface area (Å²) in [7, 11) is 0. The summed E-state index contributed by atoms with van der Waals surface area (Å²) in [6.07, 6.45) is 0. The predicted molar refractivity (Wildman–Crippen MR) is 79.3 cm³/mol. The van der Waals surface area contributed by atoms with E-state index in [9.17, 15) is 9.59 Å². The zero-order valence-corrected chi connectivity index (χ0v) is 12.0. The fraction of sp³-hybridized carbons (Fsp3) is 0. The molecule has 0 aromatic carbocycles. The van der Waals surface area contributed by atoms with E-state index in [1.165, 1.54) is 22.7 Å². The normalized spacial score (nSPS) is 9.68. The van der Waals surface area contributed by atoms with Gasteiger partial charge in [0.15, 0.2) is 5.11 Å². The maximum absolute atomic E-state index is 11.7. The number of thiophene rings is 2. The minimum Gasteiger partial charge on any atom is -0.297 e. The van der Waals surface area contributed by atoms with Gasteiger partial charge in [-0.3, -0.25) is 25.8 Å². The molecule has 0 bridgehead atoms. The van der Waals surface area contributed by atoms with Crippen molar-refractivity contribution in [1.29, 1.82) is 0 Å². The zero-order chi connectivity index (χ0) is 13.7. The van der Waals surface area contributed by atoms with Crippen LogP contribution in [-0.2, 0) is 0 Å². The van der Waals surface area contributed by atoms with Gasteiger partial charge in [-0.1, -0.05) is 12.1 Å². The molecular weight excluding hydrogens is 302 g/mol. The van der Waals surface area contributed by atoms with Crippen LogP contribution < -0.4 is 16.2 Å². The van der Waals surface area contributed by atoms with Crippen molar-refractivity contribution in [2.75, 3.05) is 0 Å². The first-order valence-corrected chi connectivity index (χ1v) is 7.32. The Morgan fingerprint density at radius 3 is 2.05 bits per heavy atom. The lowest BCUT2D eigenvalue weighted by Gasteiger charge is -2.09. The van der Waals surface area contributed by atoms with Crippen LogP contribution >= 0.6 is 34.9 Å². The van der Waals surface area contributed by atoms with Crippen LogP contribution in [0.15, 0.2) is 35.0 Å². The molecule has 8 heteroatoms. The topological polar surface area (TPSA) is 70.2 Å². The van der Waals surface area contributed by atoms with Crippen LogP contribution in [0.4, 0.5) is 0 Å². The van der Waals surface area contributed by atoms with Crippen LogP contribution in [0.2, 0.25) is 0 Å². The lowest BCUT2D eigenvalue weighted by molar-refractivity contribution is 0.0938. The van der Waals surface area contributed by atoms with E-state index in [0.717, 1.165) is 0 Å². The lowest BCUT2D eigenvalue weighted by Crippen LogP contribution is -2.48. The van der Waals surface area contributed by atoms with E-state index in [1.807, 2.05) is 0 Å². The molecule has 2 rings (SSSR count). The van der Waals surface area contributed by atoms with E-state index in [0.29, 0.717) is 9.75 Å². The maximum Gasteiger partial charge on any atom is 0.279 e. The van der Waals surface area contributed by atoms with Gasteiger partial charge in [0.1, 0.15) is 0 Å². The summed E-state index contributed by atoms with van der Waals surface area (Å²) in [6, 6.07) is 6.92. The van der Waals surface area contributed by atoms with Crippen LogP contribution in [0.3, 0.4) is 0 Å². The number of rotatable bonds is 2. The van der Waals surface area contributed by atoms with E-state index in [4.69, 9.17) is 12.2 Å². The van der Waals surface area contributed by atoms with Crippen LogP contribution in [0, 0.1) is 0 Å². The molecule has 0 radical (unpaired) electrons. The fourth-order valence-electron chi connectivity index (χ4n) is 1.19. The molecule has 2 aromatic heterocycles. The average Bonchev–Trinajstić information content (AvgIpc) is 3.07. The Morgan fingerprint density at radius 2 is 1.53 bits per heavy atom. The van der Waals surface area contributed by atoms with Gasteiger partial charge in [-0.2, -0.15) is 0 Å². The predicted octanol–water partition coefficient (Wildman–Crippen LogP) is 1.76. The Labute approximate surface area is 122 Å². The Hall–Kier alpha value is -1.77. The van der Waals surface area contributed by atoms with E-state index in [1.54, 1.807) is 35.0 Å². The van der Waals surface area contributed by atoms with Crippen LogP contribution in [0.5, 0.6) is 0 Å². The standard InChI is InChI=1S/C11H9N3O2S3/c15-9(7-3-1-5-18-7)12-11(17)14-13-10(16)8-4-2-6-19-8/h1-6H,(H,13,16)(H2,12,14,15,17). The van der Waals surface area contributed by atoms with Crippen molar-refractivity contribution >= 4 is 51.8 Å². The highest BCUT2D eigenvalue weighted by molar-refractivity contribution is 7.80. The van der Waals surface area contributed by atoms with Crippen LogP contribution in [0.25, 0.3) is 0 Å². The second-order valence-electron chi connectivity index (χ2n) is 3.32. The smallest absolute Gasteiger partial charge is 0.279 e. The molecule has 0 aliphatic carbocycles. The molecule has 0 aliphatic rings. The Kier molecular flexibility index (Phi) is 4.61. The SMILES string of the molecule is O=C(NNC(=S)NC(=O)c1cccs1)c1cccs1. The first kappa shape index (κ1) is 13.7. The van der Waals surface area contributed by atoms with E-state index >= 15 is 0 Å². The maximum atomic E-state index is 11.7. The summed E-state index contributed by atoms with van der Waals surface area (Å²) in [5, 5.41) is 6.10. The number of thiocarbonyl (C=S) groups is 1. The van der Waals surface area contributed by atoms with Gasteiger partial charge in [-0.15, -0.1) is 22.7 Å². The van der Waals surface area contributed by atoms with Crippen molar-refractivity contribution in [3.8, 4) is 0 Å². The van der Waals surface area contributed by atoms with Crippen LogP contribution in [-0.4, -0.2) is 16.9 Å². The van der Waals surface area contributed by atoms with Gasteiger partial charge in [-0.05, 0) is 35.1 Å². The summed E-state index contributed by atoms with van der Waals surface area (Å²) in [5.74, 6) is -0.611. The summed E-state index contributed by atoms with van der Waals surface area (Å²) in [5.41, 5.74) is 4.88. The average molecular weight is 311 g/mol. The van der Waals surface area contributed by atoms with Crippen LogP contribution in [0.1, 0.15) is 19.3 Å². The lowest BCUT2D eigenvalue weighted by atomic mass is 10.4. The van der Waals surface area contributed by atoms with Gasteiger partial charge >= 0.3 is 0 Å². The number of amides is 2. The van der Waals surface area contributed by atoms with E-state index in [-0.39, 0.29) is 16.9 Å². The van der Waals surface area contributed by atoms with E-state index in [2.05, 4.69) is 16.2 Å². The van der Waals surface area contributed by atoms with Gasteiger partial charge in [0.25, 0.3) is 11.8 Å². The molecule has 0 aliphatic heterocycles. The van der Waals surface area contributed by atoms with Crippen molar-refractivity contribution < 1.29 is 9.59 Å². The largest absolute Gasteiger partial charge is 0.297 e. The monoisotopic (exact) mass is 311 g/mol. The Bertz CT molecular complexity index is 578. The second kappa shape index (κ2) is 6.41. The highest BCUT2D eigenvalue weighted by Crippen LogP contribution is 2.08. The van der Waals surface area contributed by atoms with Gasteiger partial charge in [0.2, 0.25) is 0 Å². The number of carbonyl (C=O) groups excluding carboxylic acids is 2. The number of hydrazine groups is 1. The third-order valence-corrected chi connectivity index (χ3v) is 3.95. The van der Waals surface area contributed by atoms with Crippen molar-refractivity contribution in [2.45, 2.75) is 0 Å². The van der Waals surface area contributed by atoms with Gasteiger partial charge in [0, 0.05) is 0 Å². The van der Waals surface area contributed by atoms with Crippen molar-refractivity contribution in [3.05, 3.63) is 44.8 Å². The molecule has 3 N–H and O–H groups in total. The Balaban J connectivity index is 1.79. The van der Waals surface area contributed by atoms with Gasteiger partial charge in [0.05, 0.1) is 9.75 Å². The molecule has 0 saturated heterocycles. The minimum atomic E-state index is -0.308. The molecule has 2 aromatic rings. The van der Waals surface area contributed by atoms with Crippen molar-refractivity contribution in [2.24, 2.45) is 0 Å². The summed E-state index contributed by atoms with van der Waals surface area (Å²) >= 11 is 7.53.